The molecule has 0 aromatic heterocycles. The molecule has 2 heterocycles. The number of amides is 3. The fourth-order valence-corrected chi connectivity index (χ4v) is 4.49. The number of carbonyl (C=O) groups excluding carboxylic acids is 2. The van der Waals surface area contributed by atoms with Crippen molar-refractivity contribution in [2.24, 2.45) is 5.92 Å². The van der Waals surface area contributed by atoms with Crippen LogP contribution in [0.3, 0.4) is 0 Å². The van der Waals surface area contributed by atoms with Crippen LogP contribution in [-0.2, 0) is 11.3 Å². The van der Waals surface area contributed by atoms with Crippen LogP contribution in [0, 0.1) is 5.92 Å². The van der Waals surface area contributed by atoms with Crippen LogP contribution in [0.4, 0.5) is 10.5 Å². The first kappa shape index (κ1) is 19.0. The van der Waals surface area contributed by atoms with Gasteiger partial charge < -0.3 is 15.1 Å². The molecule has 0 bridgehead atoms. The monoisotopic (exact) mass is 441 g/mol. The summed E-state index contributed by atoms with van der Waals surface area (Å²) in [5.41, 5.74) is 1.91. The van der Waals surface area contributed by atoms with E-state index in [-0.39, 0.29) is 18.0 Å². The van der Waals surface area contributed by atoms with Crippen molar-refractivity contribution in [1.82, 2.24) is 9.80 Å². The van der Waals surface area contributed by atoms with Crippen LogP contribution in [0.2, 0.25) is 0 Å². The summed E-state index contributed by atoms with van der Waals surface area (Å²) in [5.74, 6) is 0.539. The summed E-state index contributed by atoms with van der Waals surface area (Å²) in [4.78, 5) is 29.4. The molecule has 2 aliphatic heterocycles. The van der Waals surface area contributed by atoms with Crippen molar-refractivity contribution >= 4 is 33.6 Å². The molecule has 2 aromatic rings. The maximum absolute atomic E-state index is 12.8. The standard InChI is InChI=1S/C22H24BrN3O2/c23-18-9-11-19(12-10-18)24-22(28)25-14-17-7-4-8-21(27)26(20(17)15-25)13-16-5-2-1-3-6-16/h1-3,5-6,9-12,17,20H,4,7-8,13-15H2,(H,24,28)/t17-,20+/m1/s1. The molecule has 2 saturated heterocycles. The number of rotatable bonds is 3. The smallest absolute Gasteiger partial charge is 0.321 e. The average molecular weight is 442 g/mol. The number of carbonyl (C=O) groups is 2. The average Bonchev–Trinajstić information content (AvgIpc) is 3.07. The number of nitrogens with zero attached hydrogens (tertiary/aromatic N) is 2. The van der Waals surface area contributed by atoms with Gasteiger partial charge >= 0.3 is 6.03 Å². The third-order valence-corrected chi connectivity index (χ3v) is 6.20. The van der Waals surface area contributed by atoms with E-state index in [0.717, 1.165) is 28.6 Å². The minimum absolute atomic E-state index is 0.0888. The van der Waals surface area contributed by atoms with Crippen molar-refractivity contribution in [3.8, 4) is 0 Å². The van der Waals surface area contributed by atoms with Crippen LogP contribution in [0.5, 0.6) is 0 Å². The van der Waals surface area contributed by atoms with Crippen molar-refractivity contribution in [3.05, 3.63) is 64.6 Å². The molecule has 6 heteroatoms. The number of likely N-dealkylation sites (tertiary alicyclic amines) is 2. The number of nitrogens with one attached hydrogen (secondary N) is 1. The number of hydrogen-bond acceptors (Lipinski definition) is 2. The highest BCUT2D eigenvalue weighted by molar-refractivity contribution is 9.10. The van der Waals surface area contributed by atoms with Gasteiger partial charge in [0.15, 0.2) is 0 Å². The fourth-order valence-electron chi connectivity index (χ4n) is 4.22. The van der Waals surface area contributed by atoms with E-state index in [1.165, 1.54) is 0 Å². The van der Waals surface area contributed by atoms with E-state index >= 15 is 0 Å². The number of hydrogen-bond donors (Lipinski definition) is 1. The van der Waals surface area contributed by atoms with E-state index in [2.05, 4.69) is 33.4 Å². The highest BCUT2D eigenvalue weighted by Gasteiger charge is 2.41. The van der Waals surface area contributed by atoms with Gasteiger partial charge in [-0.15, -0.1) is 0 Å². The van der Waals surface area contributed by atoms with Crippen molar-refractivity contribution in [1.29, 1.82) is 0 Å². The lowest BCUT2D eigenvalue weighted by Gasteiger charge is -2.30. The van der Waals surface area contributed by atoms with Crippen LogP contribution in [-0.4, -0.2) is 40.9 Å². The van der Waals surface area contributed by atoms with Gasteiger partial charge in [-0.3, -0.25) is 4.79 Å². The molecule has 0 spiro atoms. The summed E-state index contributed by atoms with van der Waals surface area (Å²) < 4.78 is 0.976. The summed E-state index contributed by atoms with van der Waals surface area (Å²) in [5, 5.41) is 2.97. The van der Waals surface area contributed by atoms with Gasteiger partial charge in [0.05, 0.1) is 6.04 Å². The Balaban J connectivity index is 1.47. The maximum atomic E-state index is 12.8. The predicted molar refractivity (Wildman–Crippen MR) is 113 cm³/mol. The third-order valence-electron chi connectivity index (χ3n) is 5.67. The van der Waals surface area contributed by atoms with Gasteiger partial charge in [0.25, 0.3) is 0 Å². The van der Waals surface area contributed by atoms with Crippen molar-refractivity contribution in [2.75, 3.05) is 18.4 Å². The highest BCUT2D eigenvalue weighted by Crippen LogP contribution is 2.32. The SMILES string of the molecule is O=C(Nc1ccc(Br)cc1)N1C[C@H]2CCCC(=O)N(Cc3ccccc3)[C@H]2C1. The molecule has 2 fully saturated rings. The van der Waals surface area contributed by atoms with Crippen LogP contribution < -0.4 is 5.32 Å². The molecule has 2 aromatic carbocycles. The normalized spacial score (nSPS) is 22.0. The molecule has 146 valence electrons. The summed E-state index contributed by atoms with van der Waals surface area (Å²) in [6.07, 6.45) is 2.49. The molecule has 0 saturated carbocycles. The Morgan fingerprint density at radius 2 is 1.82 bits per heavy atom. The predicted octanol–water partition coefficient (Wildman–Crippen LogP) is 4.49. The summed E-state index contributed by atoms with van der Waals surface area (Å²) >= 11 is 3.41. The zero-order valence-corrected chi connectivity index (χ0v) is 17.3. The topological polar surface area (TPSA) is 52.7 Å². The number of anilines is 1. The lowest BCUT2D eigenvalue weighted by molar-refractivity contribution is -0.133. The molecular formula is C22H24BrN3O2. The molecule has 2 atom stereocenters. The van der Waals surface area contributed by atoms with E-state index in [1.54, 1.807) is 0 Å². The van der Waals surface area contributed by atoms with E-state index in [4.69, 9.17) is 0 Å². The van der Waals surface area contributed by atoms with Gasteiger partial charge in [0.2, 0.25) is 5.91 Å². The van der Waals surface area contributed by atoms with Crippen molar-refractivity contribution < 1.29 is 9.59 Å². The van der Waals surface area contributed by atoms with Crippen LogP contribution in [0.1, 0.15) is 24.8 Å². The molecule has 0 radical (unpaired) electrons. The van der Waals surface area contributed by atoms with Crippen LogP contribution in [0.15, 0.2) is 59.1 Å². The number of urea groups is 1. The Kier molecular flexibility index (Phi) is 5.67. The van der Waals surface area contributed by atoms with Gasteiger partial charge in [0, 0.05) is 36.2 Å². The lowest BCUT2D eigenvalue weighted by Crippen LogP contribution is -2.43. The Morgan fingerprint density at radius 1 is 1.07 bits per heavy atom. The summed E-state index contributed by atoms with van der Waals surface area (Å²) in [6, 6.07) is 17.7. The van der Waals surface area contributed by atoms with Gasteiger partial charge in [-0.05, 0) is 48.6 Å². The Labute approximate surface area is 173 Å². The van der Waals surface area contributed by atoms with E-state index < -0.39 is 0 Å². The molecule has 5 nitrogen and oxygen atoms in total. The van der Waals surface area contributed by atoms with Gasteiger partial charge in [-0.25, -0.2) is 4.79 Å². The first-order valence-electron chi connectivity index (χ1n) is 9.75. The fraction of sp³-hybridized carbons (Fsp3) is 0.364. The first-order chi connectivity index (χ1) is 13.6. The van der Waals surface area contributed by atoms with Gasteiger partial charge in [0.1, 0.15) is 0 Å². The molecule has 4 rings (SSSR count). The lowest BCUT2D eigenvalue weighted by atomic mass is 9.98. The molecule has 1 N–H and O–H groups in total. The van der Waals surface area contributed by atoms with Crippen LogP contribution >= 0.6 is 15.9 Å². The minimum atomic E-state index is -0.0949. The molecule has 0 unspecified atom stereocenters. The van der Waals surface area contributed by atoms with Crippen LogP contribution in [0.25, 0.3) is 0 Å². The molecule has 0 aliphatic carbocycles. The second kappa shape index (κ2) is 8.35. The van der Waals surface area contributed by atoms with Gasteiger partial charge in [-0.2, -0.15) is 0 Å². The number of halogens is 1. The summed E-state index contributed by atoms with van der Waals surface area (Å²) in [7, 11) is 0. The number of benzene rings is 2. The molecule has 28 heavy (non-hydrogen) atoms. The third kappa shape index (κ3) is 4.22. The Hall–Kier alpha value is -2.34. The summed E-state index contributed by atoms with van der Waals surface area (Å²) in [6.45, 7) is 1.90. The van der Waals surface area contributed by atoms with Crippen molar-refractivity contribution in [3.63, 3.8) is 0 Å². The zero-order chi connectivity index (χ0) is 19.5. The Bertz CT molecular complexity index is 841. The molecule has 3 amide bonds. The van der Waals surface area contributed by atoms with E-state index in [0.29, 0.717) is 32.0 Å². The van der Waals surface area contributed by atoms with Crippen molar-refractivity contribution in [2.45, 2.75) is 31.8 Å². The first-order valence-corrected chi connectivity index (χ1v) is 10.5. The van der Waals surface area contributed by atoms with E-state index in [1.807, 2.05) is 52.3 Å². The molecule has 2 aliphatic rings. The largest absolute Gasteiger partial charge is 0.333 e. The second-order valence-corrected chi connectivity index (χ2v) is 8.48. The molecular weight excluding hydrogens is 418 g/mol. The zero-order valence-electron chi connectivity index (χ0n) is 15.7. The second-order valence-electron chi connectivity index (χ2n) is 7.57. The number of fused-ring (bicyclic) bond motifs is 1. The quantitative estimate of drug-likeness (QED) is 0.762. The van der Waals surface area contributed by atoms with Gasteiger partial charge in [-0.1, -0.05) is 46.3 Å². The minimum Gasteiger partial charge on any atom is -0.333 e. The highest BCUT2D eigenvalue weighted by atomic mass is 79.9. The maximum Gasteiger partial charge on any atom is 0.321 e. The van der Waals surface area contributed by atoms with E-state index in [9.17, 15) is 9.59 Å². The Morgan fingerprint density at radius 3 is 2.57 bits per heavy atom.